The van der Waals surface area contributed by atoms with Crippen LogP contribution in [-0.4, -0.2) is 35.9 Å². The minimum atomic E-state index is -1.04. The molecule has 1 atom stereocenters. The number of aryl methyl sites for hydroxylation is 1. The van der Waals surface area contributed by atoms with Crippen molar-refractivity contribution < 1.29 is 24.2 Å². The fourth-order valence-electron chi connectivity index (χ4n) is 3.57. The summed E-state index contributed by atoms with van der Waals surface area (Å²) in [4.78, 5) is 24.2. The number of rotatable bonds is 4. The summed E-state index contributed by atoms with van der Waals surface area (Å²) in [7, 11) is 0. The van der Waals surface area contributed by atoms with E-state index in [0.29, 0.717) is 24.3 Å². The molecular formula is C21H22N2O5. The maximum atomic E-state index is 12.1. The van der Waals surface area contributed by atoms with E-state index in [1.54, 1.807) is 18.2 Å². The zero-order chi connectivity index (χ0) is 19.6. The van der Waals surface area contributed by atoms with Gasteiger partial charge in [-0.25, -0.2) is 0 Å². The SMILES string of the molecule is O=C(NCc1ccc2c(c1)OCO2)C(=O)NC[C@]1(O)CCc2ccccc2C1. The zero-order valence-electron chi connectivity index (χ0n) is 15.4. The number of carbonyl (C=O) groups excluding carboxylic acids is 2. The normalized spacial score (nSPS) is 19.6. The van der Waals surface area contributed by atoms with Gasteiger partial charge in [0.2, 0.25) is 6.79 Å². The molecule has 0 saturated carbocycles. The van der Waals surface area contributed by atoms with Crippen molar-refractivity contribution in [3.05, 3.63) is 59.2 Å². The molecule has 0 spiro atoms. The Bertz CT molecular complexity index is 913. The first-order chi connectivity index (χ1) is 13.5. The highest BCUT2D eigenvalue weighted by atomic mass is 16.7. The smallest absolute Gasteiger partial charge is 0.309 e. The number of ether oxygens (including phenoxy) is 2. The second-order valence-electron chi connectivity index (χ2n) is 7.22. The first kappa shape index (κ1) is 18.3. The lowest BCUT2D eigenvalue weighted by molar-refractivity contribution is -0.140. The Kier molecular flexibility index (Phi) is 4.92. The second kappa shape index (κ2) is 7.52. The summed E-state index contributed by atoms with van der Waals surface area (Å²) in [5.74, 6) is -0.211. The van der Waals surface area contributed by atoms with Crippen LogP contribution in [0.5, 0.6) is 11.5 Å². The van der Waals surface area contributed by atoms with Crippen LogP contribution < -0.4 is 20.1 Å². The van der Waals surface area contributed by atoms with E-state index in [0.717, 1.165) is 17.5 Å². The molecule has 1 aliphatic heterocycles. The molecule has 0 unspecified atom stereocenters. The molecule has 2 aromatic carbocycles. The Hall–Kier alpha value is -3.06. The minimum Gasteiger partial charge on any atom is -0.454 e. The molecule has 146 valence electrons. The van der Waals surface area contributed by atoms with Crippen molar-refractivity contribution in [2.75, 3.05) is 13.3 Å². The van der Waals surface area contributed by atoms with E-state index in [2.05, 4.69) is 16.7 Å². The molecule has 2 aliphatic rings. The summed E-state index contributed by atoms with van der Waals surface area (Å²) in [6.07, 6.45) is 1.75. The lowest BCUT2D eigenvalue weighted by Crippen LogP contribution is -2.50. The van der Waals surface area contributed by atoms with Crippen LogP contribution in [0.4, 0.5) is 0 Å². The number of benzene rings is 2. The minimum absolute atomic E-state index is 0.0393. The van der Waals surface area contributed by atoms with Gasteiger partial charge in [0, 0.05) is 19.5 Å². The number of nitrogens with one attached hydrogen (secondary N) is 2. The molecule has 0 aromatic heterocycles. The first-order valence-electron chi connectivity index (χ1n) is 9.26. The molecule has 2 aromatic rings. The zero-order valence-corrected chi connectivity index (χ0v) is 15.4. The molecule has 7 nitrogen and oxygen atoms in total. The summed E-state index contributed by atoms with van der Waals surface area (Å²) in [5.41, 5.74) is 2.06. The van der Waals surface area contributed by atoms with Crippen LogP contribution in [-0.2, 0) is 29.0 Å². The Labute approximate surface area is 162 Å². The predicted molar refractivity (Wildman–Crippen MR) is 101 cm³/mol. The quantitative estimate of drug-likeness (QED) is 0.688. The van der Waals surface area contributed by atoms with E-state index in [1.807, 2.05) is 18.2 Å². The van der Waals surface area contributed by atoms with Gasteiger partial charge in [0.15, 0.2) is 11.5 Å². The van der Waals surface area contributed by atoms with Crippen LogP contribution >= 0.6 is 0 Å². The number of hydrogen-bond acceptors (Lipinski definition) is 5. The highest BCUT2D eigenvalue weighted by Crippen LogP contribution is 2.32. The highest BCUT2D eigenvalue weighted by Gasteiger charge is 2.32. The van der Waals surface area contributed by atoms with Gasteiger partial charge in [-0.3, -0.25) is 9.59 Å². The van der Waals surface area contributed by atoms with E-state index in [4.69, 9.17) is 9.47 Å². The van der Waals surface area contributed by atoms with Gasteiger partial charge >= 0.3 is 11.8 Å². The largest absolute Gasteiger partial charge is 0.454 e. The van der Waals surface area contributed by atoms with Crippen molar-refractivity contribution in [1.82, 2.24) is 10.6 Å². The summed E-state index contributed by atoms with van der Waals surface area (Å²) < 4.78 is 10.5. The summed E-state index contributed by atoms with van der Waals surface area (Å²) in [6.45, 7) is 0.416. The van der Waals surface area contributed by atoms with Gasteiger partial charge in [0.1, 0.15) is 0 Å². The van der Waals surface area contributed by atoms with Crippen molar-refractivity contribution in [3.8, 4) is 11.5 Å². The van der Waals surface area contributed by atoms with Gasteiger partial charge in [-0.2, -0.15) is 0 Å². The van der Waals surface area contributed by atoms with E-state index >= 15 is 0 Å². The third-order valence-electron chi connectivity index (χ3n) is 5.17. The van der Waals surface area contributed by atoms with Crippen molar-refractivity contribution in [2.24, 2.45) is 0 Å². The molecule has 4 rings (SSSR count). The molecule has 2 amide bonds. The average molecular weight is 382 g/mol. The number of amides is 2. The number of aliphatic hydroxyl groups is 1. The summed E-state index contributed by atoms with van der Waals surface area (Å²) in [5, 5.41) is 15.9. The van der Waals surface area contributed by atoms with E-state index in [1.165, 1.54) is 5.56 Å². The summed E-state index contributed by atoms with van der Waals surface area (Å²) >= 11 is 0. The molecule has 7 heteroatoms. The maximum Gasteiger partial charge on any atom is 0.309 e. The monoisotopic (exact) mass is 382 g/mol. The molecule has 0 fully saturated rings. The Morgan fingerprint density at radius 1 is 1.00 bits per heavy atom. The molecule has 28 heavy (non-hydrogen) atoms. The van der Waals surface area contributed by atoms with Gasteiger partial charge in [0.05, 0.1) is 5.60 Å². The van der Waals surface area contributed by atoms with Gasteiger partial charge in [0.25, 0.3) is 0 Å². The van der Waals surface area contributed by atoms with Crippen LogP contribution in [0.2, 0.25) is 0 Å². The van der Waals surface area contributed by atoms with Crippen molar-refractivity contribution in [3.63, 3.8) is 0 Å². The first-order valence-corrected chi connectivity index (χ1v) is 9.26. The van der Waals surface area contributed by atoms with Gasteiger partial charge < -0.3 is 25.2 Å². The van der Waals surface area contributed by atoms with Gasteiger partial charge in [-0.05, 0) is 41.7 Å². The Balaban J connectivity index is 1.27. The number of carbonyl (C=O) groups is 2. The van der Waals surface area contributed by atoms with Crippen molar-refractivity contribution in [1.29, 1.82) is 0 Å². The Morgan fingerprint density at radius 3 is 2.61 bits per heavy atom. The molecule has 0 saturated heterocycles. The summed E-state index contributed by atoms with van der Waals surface area (Å²) in [6, 6.07) is 13.3. The molecule has 1 aliphatic carbocycles. The Morgan fingerprint density at radius 2 is 1.75 bits per heavy atom. The van der Waals surface area contributed by atoms with Gasteiger partial charge in [-0.15, -0.1) is 0 Å². The number of fused-ring (bicyclic) bond motifs is 2. The van der Waals surface area contributed by atoms with E-state index in [-0.39, 0.29) is 19.9 Å². The van der Waals surface area contributed by atoms with Gasteiger partial charge in [-0.1, -0.05) is 30.3 Å². The number of hydrogen-bond donors (Lipinski definition) is 3. The average Bonchev–Trinajstić information content (AvgIpc) is 3.18. The van der Waals surface area contributed by atoms with E-state index in [9.17, 15) is 14.7 Å². The molecule has 1 heterocycles. The second-order valence-corrected chi connectivity index (χ2v) is 7.22. The maximum absolute atomic E-state index is 12.1. The topological polar surface area (TPSA) is 96.9 Å². The lowest BCUT2D eigenvalue weighted by atomic mass is 9.80. The standard InChI is InChI=1S/C21H22N2O5/c24-19(22-11-14-5-6-17-18(9-14)28-13-27-17)20(25)23-12-21(26)8-7-15-3-1-2-4-16(15)10-21/h1-6,9,26H,7-8,10-13H2,(H,22,24)(H,23,25)/t21-/m0/s1. The van der Waals surface area contributed by atoms with Crippen molar-refractivity contribution >= 4 is 11.8 Å². The molecular weight excluding hydrogens is 360 g/mol. The molecule has 3 N–H and O–H groups in total. The molecule has 0 radical (unpaired) electrons. The van der Waals surface area contributed by atoms with Crippen LogP contribution in [0.15, 0.2) is 42.5 Å². The highest BCUT2D eigenvalue weighted by molar-refractivity contribution is 6.35. The van der Waals surface area contributed by atoms with E-state index < -0.39 is 17.4 Å². The van der Waals surface area contributed by atoms with Crippen LogP contribution in [0, 0.1) is 0 Å². The fourth-order valence-corrected chi connectivity index (χ4v) is 3.57. The van der Waals surface area contributed by atoms with Crippen LogP contribution in [0.3, 0.4) is 0 Å². The van der Waals surface area contributed by atoms with Crippen LogP contribution in [0.25, 0.3) is 0 Å². The lowest BCUT2D eigenvalue weighted by Gasteiger charge is -2.33. The van der Waals surface area contributed by atoms with Crippen molar-refractivity contribution in [2.45, 2.75) is 31.4 Å². The predicted octanol–water partition coefficient (Wildman–Crippen LogP) is 1.07. The third kappa shape index (κ3) is 3.94. The third-order valence-corrected chi connectivity index (χ3v) is 5.17. The van der Waals surface area contributed by atoms with Crippen LogP contribution in [0.1, 0.15) is 23.1 Å². The fraction of sp³-hybridized carbons (Fsp3) is 0.333. The molecule has 0 bridgehead atoms.